The summed E-state index contributed by atoms with van der Waals surface area (Å²) in [5.74, 6) is 0. The minimum absolute atomic E-state index is 0.286. The molecule has 0 saturated carbocycles. The Balaban J connectivity index is 4.19. The number of rotatable bonds is 7. The lowest BCUT2D eigenvalue weighted by Crippen LogP contribution is -2.49. The molecule has 0 spiro atoms. The predicted octanol–water partition coefficient (Wildman–Crippen LogP) is 1.99. The van der Waals surface area contributed by atoms with Crippen molar-refractivity contribution in [2.75, 3.05) is 27.2 Å². The molecule has 0 aliphatic carbocycles. The van der Waals surface area contributed by atoms with Crippen LogP contribution in [0.25, 0.3) is 0 Å². The van der Waals surface area contributed by atoms with Crippen LogP contribution in [0.3, 0.4) is 0 Å². The van der Waals surface area contributed by atoms with Gasteiger partial charge in [-0.1, -0.05) is 6.92 Å². The molecule has 0 fully saturated rings. The van der Waals surface area contributed by atoms with Crippen LogP contribution in [-0.2, 0) is 4.74 Å². The van der Waals surface area contributed by atoms with E-state index in [1.165, 1.54) is 6.42 Å². The van der Waals surface area contributed by atoms with Gasteiger partial charge in [0.25, 0.3) is 0 Å². The van der Waals surface area contributed by atoms with Crippen LogP contribution in [0.1, 0.15) is 34.1 Å². The van der Waals surface area contributed by atoms with E-state index in [0.29, 0.717) is 6.04 Å². The standard InChI is InChI=1S/C11H26N2O/c1-7-9-13(12(5)6)10(3)11(4)14-8-2/h10-11H,7-9H2,1-6H3/t10-,11+/m1/s1. The Bertz CT molecular complexity index is 139. The molecule has 14 heavy (non-hydrogen) atoms. The summed E-state index contributed by atoms with van der Waals surface area (Å²) in [6.07, 6.45) is 1.45. The van der Waals surface area contributed by atoms with Gasteiger partial charge in [0.05, 0.1) is 6.10 Å². The minimum Gasteiger partial charge on any atom is -0.377 e. The Labute approximate surface area is 89.0 Å². The molecule has 3 nitrogen and oxygen atoms in total. The van der Waals surface area contributed by atoms with Crippen molar-refractivity contribution in [2.24, 2.45) is 0 Å². The summed E-state index contributed by atoms with van der Waals surface area (Å²) in [4.78, 5) is 0. The zero-order valence-electron chi connectivity index (χ0n) is 10.6. The molecule has 0 aliphatic rings. The van der Waals surface area contributed by atoms with E-state index in [1.54, 1.807) is 0 Å². The van der Waals surface area contributed by atoms with Crippen molar-refractivity contribution in [3.05, 3.63) is 0 Å². The number of hydrogen-bond donors (Lipinski definition) is 0. The molecule has 2 atom stereocenters. The van der Waals surface area contributed by atoms with Crippen molar-refractivity contribution >= 4 is 0 Å². The molecular weight excluding hydrogens is 176 g/mol. The topological polar surface area (TPSA) is 15.7 Å². The Kier molecular flexibility index (Phi) is 7.15. The minimum atomic E-state index is 0.286. The fraction of sp³-hybridized carbons (Fsp3) is 1.00. The van der Waals surface area contributed by atoms with Gasteiger partial charge in [0, 0.05) is 33.3 Å². The molecule has 0 heterocycles. The molecule has 0 rings (SSSR count). The zero-order chi connectivity index (χ0) is 11.1. The van der Waals surface area contributed by atoms with Gasteiger partial charge in [0.15, 0.2) is 0 Å². The SMILES string of the molecule is CCCN([C@H](C)[C@H](C)OCC)N(C)C. The van der Waals surface area contributed by atoms with Crippen LogP contribution in [0.4, 0.5) is 0 Å². The highest BCUT2D eigenvalue weighted by atomic mass is 16.5. The van der Waals surface area contributed by atoms with Crippen molar-refractivity contribution in [3.63, 3.8) is 0 Å². The van der Waals surface area contributed by atoms with E-state index in [0.717, 1.165) is 13.2 Å². The van der Waals surface area contributed by atoms with Gasteiger partial charge in [-0.05, 0) is 27.2 Å². The van der Waals surface area contributed by atoms with Gasteiger partial charge in [-0.3, -0.25) is 0 Å². The molecule has 0 radical (unpaired) electrons. The summed E-state index contributed by atoms with van der Waals surface area (Å²) in [5, 5.41) is 4.50. The summed E-state index contributed by atoms with van der Waals surface area (Å²) < 4.78 is 5.61. The lowest BCUT2D eigenvalue weighted by atomic mass is 10.2. The Morgan fingerprint density at radius 2 is 1.71 bits per heavy atom. The summed E-state index contributed by atoms with van der Waals surface area (Å²) in [7, 11) is 4.18. The molecule has 0 unspecified atom stereocenters. The smallest absolute Gasteiger partial charge is 0.0713 e. The van der Waals surface area contributed by atoms with Gasteiger partial charge in [-0.2, -0.15) is 0 Å². The molecule has 86 valence electrons. The van der Waals surface area contributed by atoms with E-state index >= 15 is 0 Å². The Morgan fingerprint density at radius 3 is 2.07 bits per heavy atom. The normalized spacial score (nSPS) is 16.3. The van der Waals surface area contributed by atoms with Crippen LogP contribution in [-0.4, -0.2) is 49.4 Å². The van der Waals surface area contributed by atoms with Gasteiger partial charge in [-0.15, -0.1) is 0 Å². The highest BCUT2D eigenvalue weighted by molar-refractivity contribution is 4.70. The third-order valence-electron chi connectivity index (χ3n) is 2.55. The van der Waals surface area contributed by atoms with Crippen molar-refractivity contribution in [2.45, 2.75) is 46.3 Å². The molecule has 0 saturated heterocycles. The average molecular weight is 202 g/mol. The molecular formula is C11H26N2O. The third-order valence-corrected chi connectivity index (χ3v) is 2.55. The zero-order valence-corrected chi connectivity index (χ0v) is 10.6. The van der Waals surface area contributed by atoms with Crippen LogP contribution in [0, 0.1) is 0 Å². The maximum atomic E-state index is 5.61. The van der Waals surface area contributed by atoms with E-state index < -0.39 is 0 Å². The number of nitrogens with zero attached hydrogens (tertiary/aromatic N) is 2. The van der Waals surface area contributed by atoms with Gasteiger partial charge >= 0.3 is 0 Å². The van der Waals surface area contributed by atoms with Gasteiger partial charge in [-0.25, -0.2) is 10.0 Å². The first-order chi connectivity index (χ1) is 6.54. The van der Waals surface area contributed by atoms with Crippen molar-refractivity contribution in [3.8, 4) is 0 Å². The summed E-state index contributed by atoms with van der Waals surface area (Å²) in [5.41, 5.74) is 0. The predicted molar refractivity (Wildman–Crippen MR) is 61.2 cm³/mol. The molecule has 0 N–H and O–H groups in total. The number of ether oxygens (including phenoxy) is 1. The van der Waals surface area contributed by atoms with E-state index in [4.69, 9.17) is 4.74 Å². The first kappa shape index (κ1) is 13.9. The first-order valence-corrected chi connectivity index (χ1v) is 5.60. The van der Waals surface area contributed by atoms with Crippen LogP contribution in [0.2, 0.25) is 0 Å². The lowest BCUT2D eigenvalue weighted by Gasteiger charge is -2.37. The third kappa shape index (κ3) is 4.40. The van der Waals surface area contributed by atoms with Crippen molar-refractivity contribution in [1.82, 2.24) is 10.0 Å². The molecule has 0 aromatic carbocycles. The van der Waals surface area contributed by atoms with Crippen molar-refractivity contribution in [1.29, 1.82) is 0 Å². The van der Waals surface area contributed by atoms with Crippen LogP contribution < -0.4 is 0 Å². The van der Waals surface area contributed by atoms with E-state index in [1.807, 2.05) is 6.92 Å². The Morgan fingerprint density at radius 1 is 1.14 bits per heavy atom. The van der Waals surface area contributed by atoms with Crippen molar-refractivity contribution < 1.29 is 4.74 Å². The van der Waals surface area contributed by atoms with Gasteiger partial charge in [0.1, 0.15) is 0 Å². The summed E-state index contributed by atoms with van der Waals surface area (Å²) in [6, 6.07) is 0.435. The molecule has 0 aromatic heterocycles. The molecule has 0 aliphatic heterocycles. The van der Waals surface area contributed by atoms with E-state index in [2.05, 4.69) is 44.9 Å². The highest BCUT2D eigenvalue weighted by Gasteiger charge is 2.21. The summed E-state index contributed by atoms with van der Waals surface area (Å²) in [6.45, 7) is 10.5. The van der Waals surface area contributed by atoms with E-state index in [-0.39, 0.29) is 6.10 Å². The number of hydrazine groups is 1. The second kappa shape index (κ2) is 7.21. The average Bonchev–Trinajstić information content (AvgIpc) is 2.13. The van der Waals surface area contributed by atoms with Crippen LogP contribution >= 0.6 is 0 Å². The number of hydrogen-bond acceptors (Lipinski definition) is 3. The highest BCUT2D eigenvalue weighted by Crippen LogP contribution is 2.09. The van der Waals surface area contributed by atoms with Crippen LogP contribution in [0.5, 0.6) is 0 Å². The van der Waals surface area contributed by atoms with Gasteiger partial charge < -0.3 is 4.74 Å². The quantitative estimate of drug-likeness (QED) is 0.587. The molecule has 3 heteroatoms. The Hall–Kier alpha value is -0.120. The lowest BCUT2D eigenvalue weighted by molar-refractivity contribution is -0.0751. The molecule has 0 amide bonds. The van der Waals surface area contributed by atoms with Crippen LogP contribution in [0.15, 0.2) is 0 Å². The molecule has 0 bridgehead atoms. The monoisotopic (exact) mass is 202 g/mol. The van der Waals surface area contributed by atoms with E-state index in [9.17, 15) is 0 Å². The fourth-order valence-electron chi connectivity index (χ4n) is 1.64. The maximum Gasteiger partial charge on any atom is 0.0713 e. The first-order valence-electron chi connectivity index (χ1n) is 5.60. The largest absolute Gasteiger partial charge is 0.377 e. The van der Waals surface area contributed by atoms with Gasteiger partial charge in [0.2, 0.25) is 0 Å². The second-order valence-corrected chi connectivity index (χ2v) is 3.91. The molecule has 0 aromatic rings. The summed E-state index contributed by atoms with van der Waals surface area (Å²) >= 11 is 0. The maximum absolute atomic E-state index is 5.61. The fourth-order valence-corrected chi connectivity index (χ4v) is 1.64. The second-order valence-electron chi connectivity index (χ2n) is 3.91.